The Bertz CT molecular complexity index is 1360. The molecule has 2 amide bonds. The minimum absolute atomic E-state index is 0.0184. The highest BCUT2D eigenvalue weighted by Gasteiger charge is 2.76. The van der Waals surface area contributed by atoms with Crippen molar-refractivity contribution in [1.29, 1.82) is 0 Å². The first-order valence-corrected chi connectivity index (χ1v) is 14.5. The molecule has 4 aliphatic carbocycles. The number of urea groups is 1. The van der Waals surface area contributed by atoms with Crippen molar-refractivity contribution >= 4 is 29.3 Å². The summed E-state index contributed by atoms with van der Waals surface area (Å²) in [7, 11) is 1.66. The number of nitrogens with zero attached hydrogens (tertiary/aromatic N) is 2. The Kier molecular flexibility index (Phi) is 6.54. The summed E-state index contributed by atoms with van der Waals surface area (Å²) in [6.45, 7) is 5.14. The minimum Gasteiger partial charge on any atom is -0.458 e. The zero-order chi connectivity index (χ0) is 29.3. The molecule has 8 atom stereocenters. The first-order chi connectivity index (χ1) is 19.4. The second-order valence-corrected chi connectivity index (χ2v) is 12.9. The molecule has 1 saturated heterocycles. The number of para-hydroxylation sites is 1. The van der Waals surface area contributed by atoms with Gasteiger partial charge < -0.3 is 9.84 Å². The molecular formula is C32H38N2O7. The highest BCUT2D eigenvalue weighted by Crippen LogP contribution is 2.70. The lowest BCUT2D eigenvalue weighted by molar-refractivity contribution is -0.234. The number of ether oxygens (including phenoxy) is 1. The average molecular weight is 563 g/mol. The highest BCUT2D eigenvalue weighted by atomic mass is 16.7. The molecule has 1 aromatic rings. The van der Waals surface area contributed by atoms with Gasteiger partial charge in [0.15, 0.2) is 18.0 Å². The van der Waals surface area contributed by atoms with Gasteiger partial charge in [0.2, 0.25) is 5.78 Å². The number of hydrogen-bond acceptors (Lipinski definition) is 7. The van der Waals surface area contributed by atoms with Gasteiger partial charge in [-0.2, -0.15) is 0 Å². The Labute approximate surface area is 240 Å². The van der Waals surface area contributed by atoms with Crippen LogP contribution in [0.4, 0.5) is 10.5 Å². The van der Waals surface area contributed by atoms with Crippen molar-refractivity contribution in [1.82, 2.24) is 5.06 Å². The van der Waals surface area contributed by atoms with Crippen LogP contribution in [0.15, 0.2) is 54.1 Å². The summed E-state index contributed by atoms with van der Waals surface area (Å²) < 4.78 is 5.19. The highest BCUT2D eigenvalue weighted by molar-refractivity contribution is 6.01. The summed E-state index contributed by atoms with van der Waals surface area (Å²) in [6, 6.07) is 8.82. The number of ketones is 2. The van der Waals surface area contributed by atoms with E-state index in [0.717, 1.165) is 18.4 Å². The molecule has 0 aromatic heterocycles. The number of Topliss-reactive ketones (excluding diaryl/α,β-unsaturated/α-hetero) is 1. The SMILES string of the molecule is CC(=O)OCC(=O)[C@@]12ON(C(=O)N(C)c3ccccc3)C[C@@H]1CC1C3CCC4=CC(=O)C=C[C@]4(C)C3[C@@H](O)C[C@@]12C. The molecule has 218 valence electrons. The molecule has 1 aromatic carbocycles. The van der Waals surface area contributed by atoms with Crippen LogP contribution in [-0.2, 0) is 24.0 Å². The van der Waals surface area contributed by atoms with Crippen molar-refractivity contribution in [3.63, 3.8) is 0 Å². The fraction of sp³-hybridized carbons (Fsp3) is 0.562. The van der Waals surface area contributed by atoms with Gasteiger partial charge in [-0.15, -0.1) is 0 Å². The molecule has 41 heavy (non-hydrogen) atoms. The average Bonchev–Trinajstić information content (AvgIpc) is 3.44. The van der Waals surface area contributed by atoms with Gasteiger partial charge in [-0.1, -0.05) is 43.7 Å². The van der Waals surface area contributed by atoms with Crippen LogP contribution in [0.3, 0.4) is 0 Å². The molecule has 4 fully saturated rings. The van der Waals surface area contributed by atoms with Crippen LogP contribution >= 0.6 is 0 Å². The van der Waals surface area contributed by atoms with Gasteiger partial charge in [-0.3, -0.25) is 24.1 Å². The number of hydrogen-bond donors (Lipinski definition) is 1. The van der Waals surface area contributed by atoms with Gasteiger partial charge in [0, 0.05) is 42.3 Å². The minimum atomic E-state index is -1.43. The van der Waals surface area contributed by atoms with E-state index in [1.165, 1.54) is 16.9 Å². The smallest absolute Gasteiger partial charge is 0.348 e. The molecule has 3 unspecified atom stereocenters. The molecule has 1 heterocycles. The molecule has 6 rings (SSSR count). The number of rotatable bonds is 4. The monoisotopic (exact) mass is 562 g/mol. The third-order valence-electron chi connectivity index (χ3n) is 11.0. The Balaban J connectivity index is 1.36. The Morgan fingerprint density at radius 2 is 1.93 bits per heavy atom. The molecule has 0 bridgehead atoms. The zero-order valence-electron chi connectivity index (χ0n) is 24.0. The number of fused-ring (bicyclic) bond motifs is 7. The van der Waals surface area contributed by atoms with Gasteiger partial charge in [-0.25, -0.2) is 9.86 Å². The quantitative estimate of drug-likeness (QED) is 0.555. The fourth-order valence-corrected chi connectivity index (χ4v) is 9.18. The van der Waals surface area contributed by atoms with Crippen LogP contribution in [0.1, 0.15) is 46.5 Å². The maximum absolute atomic E-state index is 14.1. The fourth-order valence-electron chi connectivity index (χ4n) is 9.18. The topological polar surface area (TPSA) is 113 Å². The van der Waals surface area contributed by atoms with E-state index in [1.54, 1.807) is 19.2 Å². The maximum Gasteiger partial charge on any atom is 0.348 e. The number of aliphatic hydroxyl groups is 1. The normalized spacial score (nSPS) is 38.8. The second kappa shape index (κ2) is 9.63. The largest absolute Gasteiger partial charge is 0.458 e. The van der Waals surface area contributed by atoms with E-state index in [4.69, 9.17) is 9.57 Å². The molecule has 0 spiro atoms. The standard InChI is InChI=1S/C32H38N2O7/c1-19(35)40-18-27(38)32-21(17-34(41-32)29(39)33(4)22-8-6-5-7-9-22)15-25-24-11-10-20-14-23(36)12-13-30(20,2)28(24)26(37)16-31(25,32)3/h5-9,12-14,21,24-26,28,37H,10-11,15-18H2,1-4H3/t21-,24?,25?,26-,28?,30-,31-,32-/m0/s1. The van der Waals surface area contributed by atoms with E-state index < -0.39 is 41.1 Å². The lowest BCUT2D eigenvalue weighted by Gasteiger charge is -2.59. The van der Waals surface area contributed by atoms with Crippen LogP contribution in [0.2, 0.25) is 0 Å². The first-order valence-electron chi connectivity index (χ1n) is 14.5. The molecule has 1 aliphatic heterocycles. The van der Waals surface area contributed by atoms with Crippen molar-refractivity contribution in [3.05, 3.63) is 54.1 Å². The number of hydroxylamine groups is 2. The molecule has 1 N–H and O–H groups in total. The van der Waals surface area contributed by atoms with E-state index in [9.17, 15) is 24.3 Å². The number of carbonyl (C=O) groups excluding carboxylic acids is 4. The summed E-state index contributed by atoms with van der Waals surface area (Å²) in [4.78, 5) is 59.7. The molecule has 3 saturated carbocycles. The van der Waals surface area contributed by atoms with Crippen molar-refractivity contribution in [2.24, 2.45) is 34.5 Å². The molecule has 9 nitrogen and oxygen atoms in total. The number of esters is 1. The summed E-state index contributed by atoms with van der Waals surface area (Å²) in [5.74, 6) is -1.27. The lowest BCUT2D eigenvalue weighted by Crippen LogP contribution is -2.63. The molecule has 0 radical (unpaired) electrons. The van der Waals surface area contributed by atoms with Crippen molar-refractivity contribution in [3.8, 4) is 0 Å². The number of carbonyl (C=O) groups is 4. The number of anilines is 1. The molecule has 5 aliphatic rings. The number of amides is 2. The maximum atomic E-state index is 14.1. The predicted octanol–water partition coefficient (Wildman–Crippen LogP) is 3.87. The van der Waals surface area contributed by atoms with Crippen molar-refractivity contribution < 1.29 is 33.9 Å². The molecule has 9 heteroatoms. The van der Waals surface area contributed by atoms with E-state index in [2.05, 4.69) is 6.92 Å². The van der Waals surface area contributed by atoms with Crippen LogP contribution in [0.5, 0.6) is 0 Å². The third-order valence-corrected chi connectivity index (χ3v) is 11.0. The van der Waals surface area contributed by atoms with Crippen molar-refractivity contribution in [2.75, 3.05) is 25.1 Å². The second-order valence-electron chi connectivity index (χ2n) is 12.9. The number of benzene rings is 1. The summed E-state index contributed by atoms with van der Waals surface area (Å²) in [5.41, 5.74) is -0.921. The number of allylic oxidation sites excluding steroid dienone is 4. The zero-order valence-corrected chi connectivity index (χ0v) is 24.0. The summed E-state index contributed by atoms with van der Waals surface area (Å²) in [6.07, 6.45) is 7.02. The van der Waals surface area contributed by atoms with E-state index in [-0.39, 0.29) is 41.8 Å². The van der Waals surface area contributed by atoms with Gasteiger partial charge in [0.25, 0.3) is 0 Å². The van der Waals surface area contributed by atoms with Crippen LogP contribution in [0.25, 0.3) is 0 Å². The van der Waals surface area contributed by atoms with E-state index in [0.29, 0.717) is 18.5 Å². The summed E-state index contributed by atoms with van der Waals surface area (Å²) >= 11 is 0. The Morgan fingerprint density at radius 1 is 1.20 bits per heavy atom. The number of aliphatic hydroxyl groups excluding tert-OH is 1. The van der Waals surface area contributed by atoms with E-state index >= 15 is 0 Å². The van der Waals surface area contributed by atoms with Gasteiger partial charge in [-0.05, 0) is 61.8 Å². The molecular weight excluding hydrogens is 524 g/mol. The third kappa shape index (κ3) is 3.96. The van der Waals surface area contributed by atoms with Crippen LogP contribution in [-0.4, -0.2) is 65.6 Å². The first kappa shape index (κ1) is 27.8. The van der Waals surface area contributed by atoms with Crippen molar-refractivity contribution in [2.45, 2.75) is 58.2 Å². The predicted molar refractivity (Wildman–Crippen MR) is 149 cm³/mol. The Hall–Kier alpha value is -3.30. The van der Waals surface area contributed by atoms with E-state index in [1.807, 2.05) is 43.3 Å². The van der Waals surface area contributed by atoms with Gasteiger partial charge in [0.1, 0.15) is 0 Å². The lowest BCUT2D eigenvalue weighted by atomic mass is 9.46. The van der Waals surface area contributed by atoms with Crippen LogP contribution in [0, 0.1) is 34.5 Å². The van der Waals surface area contributed by atoms with Crippen LogP contribution < -0.4 is 4.90 Å². The summed E-state index contributed by atoms with van der Waals surface area (Å²) in [5, 5.41) is 13.1. The Morgan fingerprint density at radius 3 is 2.63 bits per heavy atom. The van der Waals surface area contributed by atoms with Gasteiger partial charge >= 0.3 is 12.0 Å². The van der Waals surface area contributed by atoms with Gasteiger partial charge in [0.05, 0.1) is 12.6 Å².